The average molecular weight is 356 g/mol. The zero-order valence-electron chi connectivity index (χ0n) is 15.1. The standard InChI is InChI=1S/C18H24N6O2/c1-3-23-8-10-24(11-9-23)17-15(19)16(20-12-21-17)22-14-6-4-13(5-7-14)18(25)26-2/h4-7,12H,3,8-11,19H2,1-2H3,(H,20,21,22). The van der Waals surface area contributed by atoms with Gasteiger partial charge in [0, 0.05) is 31.9 Å². The fraction of sp³-hybridized carbons (Fsp3) is 0.389. The first-order chi connectivity index (χ1) is 12.6. The Morgan fingerprint density at radius 2 is 1.88 bits per heavy atom. The van der Waals surface area contributed by atoms with Crippen molar-refractivity contribution in [2.24, 2.45) is 0 Å². The normalized spacial score (nSPS) is 14.9. The van der Waals surface area contributed by atoms with Gasteiger partial charge in [-0.2, -0.15) is 0 Å². The molecule has 1 aromatic heterocycles. The number of anilines is 4. The van der Waals surface area contributed by atoms with Gasteiger partial charge in [-0.15, -0.1) is 0 Å². The maximum atomic E-state index is 11.5. The van der Waals surface area contributed by atoms with Crippen LogP contribution in [0.5, 0.6) is 0 Å². The lowest BCUT2D eigenvalue weighted by molar-refractivity contribution is 0.0601. The van der Waals surface area contributed by atoms with Crippen LogP contribution in [0, 0.1) is 0 Å². The van der Waals surface area contributed by atoms with E-state index in [-0.39, 0.29) is 5.97 Å². The number of likely N-dealkylation sites (N-methyl/N-ethyl adjacent to an activating group) is 1. The molecule has 0 bridgehead atoms. The van der Waals surface area contributed by atoms with Gasteiger partial charge in [0.15, 0.2) is 11.6 Å². The van der Waals surface area contributed by atoms with Crippen molar-refractivity contribution in [2.45, 2.75) is 6.92 Å². The summed E-state index contributed by atoms with van der Waals surface area (Å²) < 4.78 is 4.70. The van der Waals surface area contributed by atoms with Gasteiger partial charge in [-0.05, 0) is 30.8 Å². The van der Waals surface area contributed by atoms with E-state index in [0.717, 1.165) is 44.2 Å². The molecule has 2 aromatic rings. The van der Waals surface area contributed by atoms with Gasteiger partial charge in [-0.25, -0.2) is 14.8 Å². The molecule has 3 N–H and O–H groups in total. The number of carbonyl (C=O) groups is 1. The molecular formula is C18H24N6O2. The Labute approximate surface area is 153 Å². The zero-order valence-corrected chi connectivity index (χ0v) is 15.1. The molecular weight excluding hydrogens is 332 g/mol. The number of nitrogens with zero attached hydrogens (tertiary/aromatic N) is 4. The molecule has 0 amide bonds. The fourth-order valence-electron chi connectivity index (χ4n) is 2.96. The number of ether oxygens (including phenoxy) is 1. The lowest BCUT2D eigenvalue weighted by Crippen LogP contribution is -2.46. The molecule has 1 aliphatic rings. The first-order valence-corrected chi connectivity index (χ1v) is 8.65. The first kappa shape index (κ1) is 17.9. The van der Waals surface area contributed by atoms with E-state index in [4.69, 9.17) is 10.5 Å². The van der Waals surface area contributed by atoms with Crippen molar-refractivity contribution in [3.63, 3.8) is 0 Å². The van der Waals surface area contributed by atoms with E-state index < -0.39 is 0 Å². The van der Waals surface area contributed by atoms with Crippen LogP contribution in [0.1, 0.15) is 17.3 Å². The van der Waals surface area contributed by atoms with Gasteiger partial charge < -0.3 is 25.6 Å². The van der Waals surface area contributed by atoms with Crippen LogP contribution in [-0.2, 0) is 4.74 Å². The van der Waals surface area contributed by atoms with Crippen LogP contribution in [0.2, 0.25) is 0 Å². The number of nitrogens with one attached hydrogen (secondary N) is 1. The molecule has 138 valence electrons. The van der Waals surface area contributed by atoms with Crippen LogP contribution in [-0.4, -0.2) is 60.7 Å². The summed E-state index contributed by atoms with van der Waals surface area (Å²) in [5, 5.41) is 3.19. The molecule has 0 saturated carbocycles. The Bertz CT molecular complexity index is 757. The fourth-order valence-corrected chi connectivity index (χ4v) is 2.96. The molecule has 2 heterocycles. The molecule has 0 radical (unpaired) electrons. The Kier molecular flexibility index (Phi) is 5.52. The molecule has 0 unspecified atom stereocenters. The number of nitrogens with two attached hydrogens (primary N) is 1. The third-order valence-corrected chi connectivity index (χ3v) is 4.55. The second kappa shape index (κ2) is 8.01. The van der Waals surface area contributed by atoms with Gasteiger partial charge in [0.2, 0.25) is 0 Å². The number of aromatic nitrogens is 2. The number of hydrogen-bond acceptors (Lipinski definition) is 8. The molecule has 0 aliphatic carbocycles. The number of carbonyl (C=O) groups excluding carboxylic acids is 1. The number of piperazine rings is 1. The van der Waals surface area contributed by atoms with Gasteiger partial charge in [0.25, 0.3) is 0 Å². The van der Waals surface area contributed by atoms with Gasteiger partial charge in [0.05, 0.1) is 12.7 Å². The molecule has 8 nitrogen and oxygen atoms in total. The molecule has 0 atom stereocenters. The summed E-state index contributed by atoms with van der Waals surface area (Å²) in [5.74, 6) is 0.940. The summed E-state index contributed by atoms with van der Waals surface area (Å²) in [7, 11) is 1.36. The highest BCUT2D eigenvalue weighted by molar-refractivity contribution is 5.90. The number of benzene rings is 1. The highest BCUT2D eigenvalue weighted by Crippen LogP contribution is 2.29. The topological polar surface area (TPSA) is 96.6 Å². The number of rotatable bonds is 5. The molecule has 1 fully saturated rings. The van der Waals surface area contributed by atoms with Crippen molar-refractivity contribution < 1.29 is 9.53 Å². The first-order valence-electron chi connectivity index (χ1n) is 8.65. The maximum absolute atomic E-state index is 11.5. The van der Waals surface area contributed by atoms with E-state index >= 15 is 0 Å². The van der Waals surface area contributed by atoms with Crippen LogP contribution in [0.3, 0.4) is 0 Å². The smallest absolute Gasteiger partial charge is 0.337 e. The van der Waals surface area contributed by atoms with Gasteiger partial charge in [-0.3, -0.25) is 0 Å². The maximum Gasteiger partial charge on any atom is 0.337 e. The summed E-state index contributed by atoms with van der Waals surface area (Å²) in [6.45, 7) is 7.00. The largest absolute Gasteiger partial charge is 0.465 e. The lowest BCUT2D eigenvalue weighted by Gasteiger charge is -2.35. The highest BCUT2D eigenvalue weighted by atomic mass is 16.5. The van der Waals surface area contributed by atoms with E-state index in [9.17, 15) is 4.79 Å². The summed E-state index contributed by atoms with van der Waals surface area (Å²) in [4.78, 5) is 24.7. The summed E-state index contributed by atoms with van der Waals surface area (Å²) in [6.07, 6.45) is 1.52. The van der Waals surface area contributed by atoms with Crippen LogP contribution < -0.4 is 16.0 Å². The summed E-state index contributed by atoms with van der Waals surface area (Å²) in [5.41, 5.74) is 8.11. The summed E-state index contributed by atoms with van der Waals surface area (Å²) >= 11 is 0. The minimum atomic E-state index is -0.369. The van der Waals surface area contributed by atoms with Gasteiger partial charge in [0.1, 0.15) is 12.0 Å². The van der Waals surface area contributed by atoms with Crippen LogP contribution in [0.15, 0.2) is 30.6 Å². The van der Waals surface area contributed by atoms with E-state index in [0.29, 0.717) is 17.1 Å². The van der Waals surface area contributed by atoms with E-state index in [1.165, 1.54) is 13.4 Å². The van der Waals surface area contributed by atoms with Gasteiger partial charge in [-0.1, -0.05) is 6.92 Å². The Morgan fingerprint density at radius 1 is 1.19 bits per heavy atom. The van der Waals surface area contributed by atoms with E-state index in [2.05, 4.69) is 32.0 Å². The minimum absolute atomic E-state index is 0.369. The predicted octanol–water partition coefficient (Wildman–Crippen LogP) is 1.73. The molecule has 1 aromatic carbocycles. The van der Waals surface area contributed by atoms with Crippen LogP contribution >= 0.6 is 0 Å². The molecule has 1 saturated heterocycles. The number of methoxy groups -OCH3 is 1. The molecule has 3 rings (SSSR count). The van der Waals surface area contributed by atoms with Crippen LogP contribution in [0.25, 0.3) is 0 Å². The van der Waals surface area contributed by atoms with Crippen LogP contribution in [0.4, 0.5) is 23.0 Å². The quantitative estimate of drug-likeness (QED) is 0.782. The zero-order chi connectivity index (χ0) is 18.5. The second-order valence-electron chi connectivity index (χ2n) is 6.07. The monoisotopic (exact) mass is 356 g/mol. The average Bonchev–Trinajstić information content (AvgIpc) is 2.69. The lowest BCUT2D eigenvalue weighted by atomic mass is 10.2. The minimum Gasteiger partial charge on any atom is -0.465 e. The Balaban J connectivity index is 1.74. The van der Waals surface area contributed by atoms with Gasteiger partial charge >= 0.3 is 5.97 Å². The van der Waals surface area contributed by atoms with Crippen molar-refractivity contribution in [1.82, 2.24) is 14.9 Å². The van der Waals surface area contributed by atoms with Crippen molar-refractivity contribution in [2.75, 3.05) is 55.8 Å². The third kappa shape index (κ3) is 3.85. The Hall–Kier alpha value is -2.87. The number of esters is 1. The van der Waals surface area contributed by atoms with Crippen molar-refractivity contribution in [3.05, 3.63) is 36.2 Å². The third-order valence-electron chi connectivity index (χ3n) is 4.55. The summed E-state index contributed by atoms with van der Waals surface area (Å²) in [6, 6.07) is 6.95. The second-order valence-corrected chi connectivity index (χ2v) is 6.07. The van der Waals surface area contributed by atoms with E-state index in [1.54, 1.807) is 24.3 Å². The molecule has 26 heavy (non-hydrogen) atoms. The SMILES string of the molecule is CCN1CCN(c2ncnc(Nc3ccc(C(=O)OC)cc3)c2N)CC1. The molecule has 8 heteroatoms. The molecule has 0 spiro atoms. The number of nitrogen functional groups attached to an aromatic ring is 1. The van der Waals surface area contributed by atoms with Crippen molar-refractivity contribution >= 4 is 29.0 Å². The van der Waals surface area contributed by atoms with Crippen molar-refractivity contribution in [3.8, 4) is 0 Å². The number of hydrogen-bond donors (Lipinski definition) is 2. The predicted molar refractivity (Wildman–Crippen MR) is 102 cm³/mol. The molecule has 1 aliphatic heterocycles. The van der Waals surface area contributed by atoms with E-state index in [1.807, 2.05) is 0 Å². The van der Waals surface area contributed by atoms with Crippen molar-refractivity contribution in [1.29, 1.82) is 0 Å². The highest BCUT2D eigenvalue weighted by Gasteiger charge is 2.20. The Morgan fingerprint density at radius 3 is 2.50 bits per heavy atom.